The van der Waals surface area contributed by atoms with E-state index in [-0.39, 0.29) is 11.8 Å². The summed E-state index contributed by atoms with van der Waals surface area (Å²) < 4.78 is 0. The normalized spacial score (nSPS) is 14.1. The molecule has 3 nitrogen and oxygen atoms in total. The smallest absolute Gasteiger partial charge is 0.241 e. The second-order valence-corrected chi connectivity index (χ2v) is 5.37. The minimum absolute atomic E-state index is 0.0894. The number of hydrogen-bond acceptors (Lipinski definition) is 2. The van der Waals surface area contributed by atoms with Crippen molar-refractivity contribution < 1.29 is 4.79 Å². The zero-order valence-electron chi connectivity index (χ0n) is 10.1. The van der Waals surface area contributed by atoms with Gasteiger partial charge in [0, 0.05) is 0 Å². The Labute approximate surface area is 122 Å². The van der Waals surface area contributed by atoms with Gasteiger partial charge >= 0.3 is 0 Å². The van der Waals surface area contributed by atoms with E-state index in [2.05, 4.69) is 5.32 Å². The van der Waals surface area contributed by atoms with Crippen LogP contribution in [0.25, 0.3) is 0 Å². The number of nitrogens with one attached hydrogen (secondary N) is 1. The minimum Gasteiger partial charge on any atom is -0.323 e. The molecule has 1 amide bonds. The first-order chi connectivity index (χ1) is 8.36. The molecule has 0 radical (unpaired) electrons. The number of hydrogen-bond donors (Lipinski definition) is 2. The summed E-state index contributed by atoms with van der Waals surface area (Å²) >= 11 is 17.6. The van der Waals surface area contributed by atoms with Crippen molar-refractivity contribution in [2.45, 2.75) is 26.3 Å². The number of carbonyl (C=O) groups excluding carboxylic acids is 1. The van der Waals surface area contributed by atoms with E-state index >= 15 is 0 Å². The van der Waals surface area contributed by atoms with Crippen molar-refractivity contribution in [3.63, 3.8) is 0 Å². The largest absolute Gasteiger partial charge is 0.323 e. The molecule has 0 bridgehead atoms. The fourth-order valence-electron chi connectivity index (χ4n) is 1.35. The molecule has 3 N–H and O–H groups in total. The molecule has 0 aliphatic rings. The Kier molecular flexibility index (Phi) is 5.73. The van der Waals surface area contributed by atoms with Crippen LogP contribution >= 0.6 is 34.8 Å². The van der Waals surface area contributed by atoms with Crippen LogP contribution in [-0.4, -0.2) is 11.9 Å². The van der Waals surface area contributed by atoms with Crippen LogP contribution in [-0.2, 0) is 4.79 Å². The lowest BCUT2D eigenvalue weighted by Gasteiger charge is -2.18. The second-order valence-electron chi connectivity index (χ2n) is 4.15. The molecule has 0 unspecified atom stereocenters. The van der Waals surface area contributed by atoms with Crippen LogP contribution in [0.4, 0.5) is 5.69 Å². The lowest BCUT2D eigenvalue weighted by Crippen LogP contribution is -2.40. The van der Waals surface area contributed by atoms with E-state index in [4.69, 9.17) is 40.5 Å². The van der Waals surface area contributed by atoms with Gasteiger partial charge in [0.15, 0.2) is 0 Å². The predicted octanol–water partition coefficient (Wildman–Crippen LogP) is 3.96. The van der Waals surface area contributed by atoms with E-state index in [1.165, 1.54) is 12.1 Å². The molecule has 0 fully saturated rings. The molecule has 0 spiro atoms. The number of rotatable bonds is 4. The molecular weight excluding hydrogens is 295 g/mol. The van der Waals surface area contributed by atoms with Crippen molar-refractivity contribution in [3.05, 3.63) is 27.2 Å². The van der Waals surface area contributed by atoms with Gasteiger partial charge in [-0.2, -0.15) is 0 Å². The van der Waals surface area contributed by atoms with Gasteiger partial charge in [-0.05, 0) is 18.1 Å². The van der Waals surface area contributed by atoms with Crippen LogP contribution in [0.15, 0.2) is 12.1 Å². The molecule has 100 valence electrons. The minimum atomic E-state index is -0.583. The average molecular weight is 310 g/mol. The molecule has 1 aromatic rings. The summed E-state index contributed by atoms with van der Waals surface area (Å²) in [5.74, 6) is -0.198. The third-order valence-corrected chi connectivity index (χ3v) is 3.86. The first-order valence-corrected chi connectivity index (χ1v) is 6.71. The number of carbonyl (C=O) groups is 1. The van der Waals surface area contributed by atoms with Gasteiger partial charge in [0.1, 0.15) is 0 Å². The summed E-state index contributed by atoms with van der Waals surface area (Å²) in [5, 5.41) is 3.65. The fourth-order valence-corrected chi connectivity index (χ4v) is 1.94. The first-order valence-electron chi connectivity index (χ1n) is 5.57. The molecule has 18 heavy (non-hydrogen) atoms. The zero-order chi connectivity index (χ0) is 13.9. The van der Waals surface area contributed by atoms with Crippen molar-refractivity contribution in [1.82, 2.24) is 0 Å². The Balaban J connectivity index is 2.85. The highest BCUT2D eigenvalue weighted by Crippen LogP contribution is 2.32. The Morgan fingerprint density at radius 1 is 1.28 bits per heavy atom. The molecule has 0 aromatic heterocycles. The molecule has 0 heterocycles. The van der Waals surface area contributed by atoms with Crippen molar-refractivity contribution in [1.29, 1.82) is 0 Å². The van der Waals surface area contributed by atoms with Crippen molar-refractivity contribution in [2.24, 2.45) is 11.7 Å². The summed E-state index contributed by atoms with van der Waals surface area (Å²) in [5.41, 5.74) is 6.23. The van der Waals surface area contributed by atoms with Gasteiger partial charge in [0.2, 0.25) is 5.91 Å². The van der Waals surface area contributed by atoms with E-state index < -0.39 is 6.04 Å². The number of benzene rings is 1. The lowest BCUT2D eigenvalue weighted by atomic mass is 9.99. The van der Waals surface area contributed by atoms with Crippen LogP contribution < -0.4 is 11.1 Å². The van der Waals surface area contributed by atoms with Gasteiger partial charge < -0.3 is 11.1 Å². The molecule has 1 rings (SSSR count). The number of anilines is 1. The average Bonchev–Trinajstić information content (AvgIpc) is 2.33. The topological polar surface area (TPSA) is 55.1 Å². The summed E-state index contributed by atoms with van der Waals surface area (Å²) in [6, 6.07) is 2.41. The van der Waals surface area contributed by atoms with Gasteiger partial charge in [-0.15, -0.1) is 0 Å². The van der Waals surface area contributed by atoms with Crippen LogP contribution in [0, 0.1) is 5.92 Å². The maximum Gasteiger partial charge on any atom is 0.241 e. The Morgan fingerprint density at radius 3 is 2.39 bits per heavy atom. The standard InChI is InChI=1S/C12H15Cl3N2O/c1-3-6(2)11(16)12(18)17-10-5-8(14)7(13)4-9(10)15/h4-6,11H,3,16H2,1-2H3,(H,17,18)/t6-,11-/m0/s1. The quantitative estimate of drug-likeness (QED) is 0.827. The lowest BCUT2D eigenvalue weighted by molar-refractivity contribution is -0.118. The molecule has 0 saturated heterocycles. The summed E-state index contributed by atoms with van der Waals surface area (Å²) in [6.45, 7) is 3.89. The van der Waals surface area contributed by atoms with Crippen molar-refractivity contribution in [3.8, 4) is 0 Å². The van der Waals surface area contributed by atoms with Crippen LogP contribution in [0.2, 0.25) is 15.1 Å². The van der Waals surface area contributed by atoms with Crippen LogP contribution in [0.5, 0.6) is 0 Å². The SMILES string of the molecule is CC[C@H](C)[C@H](N)C(=O)Nc1cc(Cl)c(Cl)cc1Cl. The maximum absolute atomic E-state index is 11.9. The van der Waals surface area contributed by atoms with Crippen molar-refractivity contribution >= 4 is 46.4 Å². The highest BCUT2D eigenvalue weighted by molar-refractivity contribution is 6.44. The molecular formula is C12H15Cl3N2O. The summed E-state index contributed by atoms with van der Waals surface area (Å²) in [4.78, 5) is 11.9. The van der Waals surface area contributed by atoms with E-state index in [1.807, 2.05) is 13.8 Å². The van der Waals surface area contributed by atoms with E-state index in [0.717, 1.165) is 6.42 Å². The number of halogens is 3. The molecule has 2 atom stereocenters. The first kappa shape index (κ1) is 15.6. The Bertz CT molecular complexity index is 451. The monoisotopic (exact) mass is 308 g/mol. The summed E-state index contributed by atoms with van der Waals surface area (Å²) in [6.07, 6.45) is 0.823. The zero-order valence-corrected chi connectivity index (χ0v) is 12.4. The highest BCUT2D eigenvalue weighted by atomic mass is 35.5. The highest BCUT2D eigenvalue weighted by Gasteiger charge is 2.20. The van der Waals surface area contributed by atoms with Crippen LogP contribution in [0.1, 0.15) is 20.3 Å². The third kappa shape index (κ3) is 3.75. The van der Waals surface area contributed by atoms with Gasteiger partial charge in [-0.1, -0.05) is 55.1 Å². The molecule has 0 saturated carbocycles. The molecule has 0 aliphatic heterocycles. The van der Waals surface area contributed by atoms with Gasteiger partial charge in [0.25, 0.3) is 0 Å². The van der Waals surface area contributed by atoms with Gasteiger partial charge in [0.05, 0.1) is 26.8 Å². The Hall–Kier alpha value is -0.480. The van der Waals surface area contributed by atoms with E-state index in [9.17, 15) is 4.79 Å². The summed E-state index contributed by atoms with van der Waals surface area (Å²) in [7, 11) is 0. The Morgan fingerprint density at radius 2 is 1.83 bits per heavy atom. The van der Waals surface area contributed by atoms with Gasteiger partial charge in [-0.25, -0.2) is 0 Å². The second kappa shape index (κ2) is 6.62. The molecule has 6 heteroatoms. The van der Waals surface area contributed by atoms with E-state index in [0.29, 0.717) is 20.8 Å². The third-order valence-electron chi connectivity index (χ3n) is 2.83. The van der Waals surface area contributed by atoms with Crippen molar-refractivity contribution in [2.75, 3.05) is 5.32 Å². The fraction of sp³-hybridized carbons (Fsp3) is 0.417. The predicted molar refractivity (Wildman–Crippen MR) is 77.5 cm³/mol. The molecule has 0 aliphatic carbocycles. The molecule has 1 aromatic carbocycles. The maximum atomic E-state index is 11.9. The van der Waals surface area contributed by atoms with E-state index in [1.54, 1.807) is 0 Å². The van der Waals surface area contributed by atoms with Crippen LogP contribution in [0.3, 0.4) is 0 Å². The number of amides is 1. The number of nitrogens with two attached hydrogens (primary N) is 1. The van der Waals surface area contributed by atoms with Gasteiger partial charge in [-0.3, -0.25) is 4.79 Å².